The average molecular weight is 459 g/mol. The molecule has 0 unspecified atom stereocenters. The van der Waals surface area contributed by atoms with Crippen LogP contribution in [0.3, 0.4) is 0 Å². The number of methoxy groups -OCH3 is 2. The predicted octanol–water partition coefficient (Wildman–Crippen LogP) is 3.67. The molecule has 0 heterocycles. The number of carbonyl (C=O) groups excluding carboxylic acids is 1. The second-order valence-corrected chi connectivity index (χ2v) is 8.77. The molecule has 0 atom stereocenters. The summed E-state index contributed by atoms with van der Waals surface area (Å²) in [4.78, 5) is 12.6. The van der Waals surface area contributed by atoms with Gasteiger partial charge in [-0.2, -0.15) is 4.31 Å². The van der Waals surface area contributed by atoms with Crippen LogP contribution in [0.1, 0.15) is 5.56 Å². The number of hydrogen-bond donors (Lipinski definition) is 1. The largest absolute Gasteiger partial charge is 0.493 e. The molecule has 0 radical (unpaired) electrons. The van der Waals surface area contributed by atoms with Crippen LogP contribution >= 0.6 is 0 Å². The molecule has 3 aromatic rings. The Morgan fingerprint density at radius 2 is 1.59 bits per heavy atom. The first-order chi connectivity index (χ1) is 15.3. The molecule has 32 heavy (non-hydrogen) atoms. The van der Waals surface area contributed by atoms with E-state index in [-0.39, 0.29) is 17.2 Å². The molecule has 9 heteroatoms. The summed E-state index contributed by atoms with van der Waals surface area (Å²) in [5, 5.41) is 2.59. The minimum absolute atomic E-state index is 0.0195. The van der Waals surface area contributed by atoms with E-state index in [0.29, 0.717) is 17.0 Å². The monoisotopic (exact) mass is 458 g/mol. The summed E-state index contributed by atoms with van der Waals surface area (Å²) in [7, 11) is -1.21. The number of halogens is 1. The fraction of sp³-hybridized carbons (Fsp3) is 0.174. The van der Waals surface area contributed by atoms with Crippen molar-refractivity contribution in [3.63, 3.8) is 0 Å². The van der Waals surface area contributed by atoms with Gasteiger partial charge in [0, 0.05) is 18.3 Å². The molecule has 0 spiro atoms. The van der Waals surface area contributed by atoms with E-state index in [1.54, 1.807) is 24.3 Å². The molecule has 168 valence electrons. The highest BCUT2D eigenvalue weighted by Gasteiger charge is 2.28. The second-order valence-electron chi connectivity index (χ2n) is 6.83. The van der Waals surface area contributed by atoms with Crippen molar-refractivity contribution < 1.29 is 27.1 Å². The molecule has 0 saturated carbocycles. The maximum atomic E-state index is 13.4. The Kier molecular flexibility index (Phi) is 7.45. The van der Waals surface area contributed by atoms with E-state index >= 15 is 0 Å². The number of ether oxygens (including phenoxy) is 2. The first-order valence-electron chi connectivity index (χ1n) is 9.65. The number of nitrogens with zero attached hydrogens (tertiary/aromatic N) is 1. The first kappa shape index (κ1) is 23.2. The van der Waals surface area contributed by atoms with Gasteiger partial charge in [-0.3, -0.25) is 4.79 Å². The highest BCUT2D eigenvalue weighted by atomic mass is 32.2. The van der Waals surface area contributed by atoms with Crippen LogP contribution in [0.4, 0.5) is 10.1 Å². The molecular weight excluding hydrogens is 435 g/mol. The smallest absolute Gasteiger partial charge is 0.243 e. The molecule has 1 amide bonds. The van der Waals surface area contributed by atoms with Crippen LogP contribution in [0.25, 0.3) is 0 Å². The van der Waals surface area contributed by atoms with Crippen molar-refractivity contribution in [3.8, 4) is 11.5 Å². The van der Waals surface area contributed by atoms with Crippen molar-refractivity contribution in [2.75, 3.05) is 26.1 Å². The molecule has 0 aromatic heterocycles. The molecular formula is C23H23FN2O5S. The van der Waals surface area contributed by atoms with Crippen LogP contribution in [0.2, 0.25) is 0 Å². The number of nitrogens with one attached hydrogen (secondary N) is 1. The fourth-order valence-corrected chi connectivity index (χ4v) is 4.43. The molecule has 0 saturated heterocycles. The van der Waals surface area contributed by atoms with Gasteiger partial charge in [0.25, 0.3) is 0 Å². The van der Waals surface area contributed by atoms with Crippen LogP contribution in [0, 0.1) is 5.82 Å². The van der Waals surface area contributed by atoms with Gasteiger partial charge in [-0.15, -0.1) is 0 Å². The quantitative estimate of drug-likeness (QED) is 0.529. The zero-order chi connectivity index (χ0) is 23.1. The number of carbonyl (C=O) groups is 1. The molecule has 3 aromatic carbocycles. The van der Waals surface area contributed by atoms with Crippen LogP contribution in [0.15, 0.2) is 77.7 Å². The van der Waals surface area contributed by atoms with E-state index in [9.17, 15) is 17.6 Å². The van der Waals surface area contributed by atoms with Crippen molar-refractivity contribution in [2.45, 2.75) is 11.4 Å². The van der Waals surface area contributed by atoms with E-state index in [4.69, 9.17) is 9.47 Å². The summed E-state index contributed by atoms with van der Waals surface area (Å²) in [5.41, 5.74) is 1.07. The maximum absolute atomic E-state index is 13.4. The third kappa shape index (κ3) is 5.63. The lowest BCUT2D eigenvalue weighted by atomic mass is 10.2. The van der Waals surface area contributed by atoms with Crippen LogP contribution in [0.5, 0.6) is 11.5 Å². The molecule has 7 nitrogen and oxygen atoms in total. The number of anilines is 1. The number of benzene rings is 3. The van der Waals surface area contributed by atoms with Crippen LogP contribution < -0.4 is 14.8 Å². The third-order valence-electron chi connectivity index (χ3n) is 4.64. The van der Waals surface area contributed by atoms with Gasteiger partial charge in [-0.05, 0) is 42.0 Å². The lowest BCUT2D eigenvalue weighted by Gasteiger charge is -2.22. The molecule has 0 bridgehead atoms. The summed E-state index contributed by atoms with van der Waals surface area (Å²) in [5.74, 6) is -0.361. The lowest BCUT2D eigenvalue weighted by molar-refractivity contribution is -0.116. The van der Waals surface area contributed by atoms with Gasteiger partial charge in [0.2, 0.25) is 15.9 Å². The minimum atomic E-state index is -4.07. The van der Waals surface area contributed by atoms with Crippen LogP contribution in [-0.2, 0) is 21.4 Å². The number of amides is 1. The number of hydrogen-bond acceptors (Lipinski definition) is 5. The molecule has 0 fully saturated rings. The molecule has 0 aliphatic heterocycles. The molecule has 3 rings (SSSR count). The minimum Gasteiger partial charge on any atom is -0.493 e. The van der Waals surface area contributed by atoms with E-state index < -0.39 is 28.3 Å². The normalized spacial score (nSPS) is 11.2. The van der Waals surface area contributed by atoms with E-state index in [2.05, 4.69) is 5.32 Å². The van der Waals surface area contributed by atoms with Gasteiger partial charge < -0.3 is 14.8 Å². The van der Waals surface area contributed by atoms with E-state index in [0.717, 1.165) is 4.31 Å². The van der Waals surface area contributed by atoms with Crippen molar-refractivity contribution >= 4 is 21.6 Å². The van der Waals surface area contributed by atoms with Gasteiger partial charge in [0.1, 0.15) is 5.82 Å². The summed E-state index contributed by atoms with van der Waals surface area (Å²) in [6, 6.07) is 18.4. The highest BCUT2D eigenvalue weighted by molar-refractivity contribution is 7.89. The third-order valence-corrected chi connectivity index (χ3v) is 6.43. The Labute approximate surface area is 186 Å². The Morgan fingerprint density at radius 3 is 2.22 bits per heavy atom. The average Bonchev–Trinajstić information content (AvgIpc) is 2.80. The van der Waals surface area contributed by atoms with Crippen molar-refractivity contribution in [3.05, 3.63) is 84.2 Å². The van der Waals surface area contributed by atoms with Gasteiger partial charge in [0.15, 0.2) is 11.5 Å². The Bertz CT molecular complexity index is 1170. The first-order valence-corrected chi connectivity index (χ1v) is 11.1. The predicted molar refractivity (Wildman–Crippen MR) is 119 cm³/mol. The zero-order valence-corrected chi connectivity index (χ0v) is 18.4. The molecule has 1 N–H and O–H groups in total. The SMILES string of the molecule is COc1ccc(S(=O)(=O)N(CC(=O)Nc2ccc(F)cc2)Cc2ccccc2)cc1OC. The van der Waals surface area contributed by atoms with Crippen molar-refractivity contribution in [2.24, 2.45) is 0 Å². The second kappa shape index (κ2) is 10.3. The Morgan fingerprint density at radius 1 is 0.938 bits per heavy atom. The summed E-state index contributed by atoms with van der Waals surface area (Å²) in [6.45, 7) is -0.461. The zero-order valence-electron chi connectivity index (χ0n) is 17.6. The van der Waals surface area contributed by atoms with Gasteiger partial charge >= 0.3 is 0 Å². The highest BCUT2D eigenvalue weighted by Crippen LogP contribution is 2.31. The standard InChI is InChI=1S/C23H23FN2O5S/c1-30-21-13-12-20(14-22(21)31-2)32(28,29)26(15-17-6-4-3-5-7-17)16-23(27)25-19-10-8-18(24)9-11-19/h3-14H,15-16H2,1-2H3,(H,25,27). The van der Waals surface area contributed by atoms with Crippen LogP contribution in [-0.4, -0.2) is 39.4 Å². The maximum Gasteiger partial charge on any atom is 0.243 e. The number of sulfonamides is 1. The van der Waals surface area contributed by atoms with Gasteiger partial charge in [-0.25, -0.2) is 12.8 Å². The van der Waals surface area contributed by atoms with Crippen molar-refractivity contribution in [1.29, 1.82) is 0 Å². The Balaban J connectivity index is 1.90. The fourth-order valence-electron chi connectivity index (χ4n) is 3.03. The van der Waals surface area contributed by atoms with Gasteiger partial charge in [-0.1, -0.05) is 30.3 Å². The van der Waals surface area contributed by atoms with E-state index in [1.165, 1.54) is 56.7 Å². The topological polar surface area (TPSA) is 84.9 Å². The molecule has 0 aliphatic rings. The van der Waals surface area contributed by atoms with Gasteiger partial charge in [0.05, 0.1) is 25.7 Å². The Hall–Kier alpha value is -3.43. The van der Waals surface area contributed by atoms with E-state index in [1.807, 2.05) is 6.07 Å². The summed E-state index contributed by atoms with van der Waals surface area (Å²) in [6.07, 6.45) is 0. The summed E-state index contributed by atoms with van der Waals surface area (Å²) >= 11 is 0. The van der Waals surface area contributed by atoms with Crippen molar-refractivity contribution in [1.82, 2.24) is 4.31 Å². The summed E-state index contributed by atoms with van der Waals surface area (Å²) < 4.78 is 51.5. The lowest BCUT2D eigenvalue weighted by Crippen LogP contribution is -2.37. The number of rotatable bonds is 9. The molecule has 0 aliphatic carbocycles.